The van der Waals surface area contributed by atoms with Crippen LogP contribution >= 0.6 is 11.3 Å². The number of nitrogens with two attached hydrogens (primary N) is 1. The summed E-state index contributed by atoms with van der Waals surface area (Å²) in [5.41, 5.74) is 13.2. The van der Waals surface area contributed by atoms with Crippen molar-refractivity contribution in [2.24, 2.45) is 5.92 Å². The van der Waals surface area contributed by atoms with Crippen molar-refractivity contribution in [1.29, 1.82) is 0 Å². The SMILES string of the molecule is Cc1ccc(-c2c(N)sc3c2CCC(C)C3)c(C)c1. The lowest BCUT2D eigenvalue weighted by molar-refractivity contribution is 0.508. The minimum absolute atomic E-state index is 0.803. The lowest BCUT2D eigenvalue weighted by atomic mass is 9.86. The van der Waals surface area contributed by atoms with Gasteiger partial charge in [-0.25, -0.2) is 0 Å². The summed E-state index contributed by atoms with van der Waals surface area (Å²) in [6.45, 7) is 6.68. The minimum Gasteiger partial charge on any atom is -0.390 e. The van der Waals surface area contributed by atoms with Crippen molar-refractivity contribution < 1.29 is 0 Å². The number of anilines is 1. The zero-order chi connectivity index (χ0) is 13.6. The van der Waals surface area contributed by atoms with E-state index in [1.807, 2.05) is 0 Å². The van der Waals surface area contributed by atoms with Gasteiger partial charge in [0, 0.05) is 10.4 Å². The standard InChI is InChI=1S/C17H21NS/c1-10-4-6-13(12(3)8-10)16-14-7-5-11(2)9-15(14)19-17(16)18/h4,6,8,11H,5,7,9,18H2,1-3H3. The summed E-state index contributed by atoms with van der Waals surface area (Å²) in [6, 6.07) is 6.68. The first kappa shape index (κ1) is 12.7. The lowest BCUT2D eigenvalue weighted by Gasteiger charge is -2.19. The molecular weight excluding hydrogens is 250 g/mol. The van der Waals surface area contributed by atoms with Crippen LogP contribution in [0.1, 0.15) is 34.9 Å². The van der Waals surface area contributed by atoms with E-state index < -0.39 is 0 Å². The quantitative estimate of drug-likeness (QED) is 0.796. The van der Waals surface area contributed by atoms with Crippen molar-refractivity contribution in [2.45, 2.75) is 40.0 Å². The highest BCUT2D eigenvalue weighted by atomic mass is 32.1. The molecule has 2 N–H and O–H groups in total. The Balaban J connectivity index is 2.15. The second-order valence-corrected chi connectivity index (χ2v) is 7.05. The number of benzene rings is 1. The third-order valence-electron chi connectivity index (χ3n) is 4.19. The van der Waals surface area contributed by atoms with E-state index in [0.29, 0.717) is 0 Å². The van der Waals surface area contributed by atoms with Gasteiger partial charge in [0.05, 0.1) is 5.00 Å². The number of fused-ring (bicyclic) bond motifs is 1. The molecule has 2 aromatic rings. The Morgan fingerprint density at radius 2 is 2.05 bits per heavy atom. The Labute approximate surface area is 119 Å². The third-order valence-corrected chi connectivity index (χ3v) is 5.27. The average molecular weight is 271 g/mol. The van der Waals surface area contributed by atoms with Gasteiger partial charge in [0.15, 0.2) is 0 Å². The van der Waals surface area contributed by atoms with Gasteiger partial charge in [-0.1, -0.05) is 30.7 Å². The summed E-state index contributed by atoms with van der Waals surface area (Å²) in [4.78, 5) is 1.52. The highest BCUT2D eigenvalue weighted by molar-refractivity contribution is 7.16. The minimum atomic E-state index is 0.803. The summed E-state index contributed by atoms with van der Waals surface area (Å²) < 4.78 is 0. The number of hydrogen-bond donors (Lipinski definition) is 1. The lowest BCUT2D eigenvalue weighted by Crippen LogP contribution is -2.09. The second-order valence-electron chi connectivity index (χ2n) is 5.91. The maximum Gasteiger partial charge on any atom is 0.0941 e. The molecule has 3 rings (SSSR count). The van der Waals surface area contributed by atoms with Crippen LogP contribution in [0.2, 0.25) is 0 Å². The monoisotopic (exact) mass is 271 g/mol. The molecule has 1 unspecified atom stereocenters. The van der Waals surface area contributed by atoms with Crippen LogP contribution < -0.4 is 5.73 Å². The van der Waals surface area contributed by atoms with E-state index in [1.54, 1.807) is 11.3 Å². The first-order valence-electron chi connectivity index (χ1n) is 7.04. The van der Waals surface area contributed by atoms with Gasteiger partial charge in [-0.3, -0.25) is 0 Å². The molecule has 0 spiro atoms. The summed E-state index contributed by atoms with van der Waals surface area (Å²) in [7, 11) is 0. The fourth-order valence-corrected chi connectivity index (χ4v) is 4.46. The zero-order valence-electron chi connectivity index (χ0n) is 11.9. The Hall–Kier alpha value is -1.28. The highest BCUT2D eigenvalue weighted by Crippen LogP contribution is 2.44. The molecule has 1 aliphatic rings. The van der Waals surface area contributed by atoms with Crippen LogP contribution in [0.5, 0.6) is 0 Å². The van der Waals surface area contributed by atoms with Gasteiger partial charge >= 0.3 is 0 Å². The van der Waals surface area contributed by atoms with E-state index in [0.717, 1.165) is 10.9 Å². The molecule has 2 heteroatoms. The molecule has 0 aliphatic heterocycles. The molecule has 100 valence electrons. The van der Waals surface area contributed by atoms with Crippen molar-refractivity contribution in [2.75, 3.05) is 5.73 Å². The van der Waals surface area contributed by atoms with Gasteiger partial charge in [0.25, 0.3) is 0 Å². The van der Waals surface area contributed by atoms with E-state index in [4.69, 9.17) is 5.73 Å². The largest absolute Gasteiger partial charge is 0.390 e. The summed E-state index contributed by atoms with van der Waals surface area (Å²) >= 11 is 1.81. The number of aryl methyl sites for hydroxylation is 2. The summed E-state index contributed by atoms with van der Waals surface area (Å²) in [6.07, 6.45) is 3.68. The normalized spacial score (nSPS) is 18.4. The van der Waals surface area contributed by atoms with Gasteiger partial charge in [-0.05, 0) is 55.7 Å². The van der Waals surface area contributed by atoms with Crippen LogP contribution in [0.25, 0.3) is 11.1 Å². The molecule has 0 fully saturated rings. The average Bonchev–Trinajstić information content (AvgIpc) is 2.65. The van der Waals surface area contributed by atoms with Crippen molar-refractivity contribution in [3.8, 4) is 11.1 Å². The van der Waals surface area contributed by atoms with Crippen LogP contribution in [0.15, 0.2) is 18.2 Å². The zero-order valence-corrected chi connectivity index (χ0v) is 12.7. The molecule has 0 saturated carbocycles. The van der Waals surface area contributed by atoms with Crippen molar-refractivity contribution >= 4 is 16.3 Å². The van der Waals surface area contributed by atoms with E-state index in [2.05, 4.69) is 39.0 Å². The Kier molecular flexibility index (Phi) is 3.14. The molecule has 1 aromatic heterocycles. The summed E-state index contributed by atoms with van der Waals surface area (Å²) in [5, 5.41) is 1.01. The number of hydrogen-bond acceptors (Lipinski definition) is 2. The highest BCUT2D eigenvalue weighted by Gasteiger charge is 2.24. The Morgan fingerprint density at radius 1 is 1.26 bits per heavy atom. The molecule has 0 amide bonds. The predicted molar refractivity (Wildman–Crippen MR) is 84.8 cm³/mol. The van der Waals surface area contributed by atoms with E-state index in [-0.39, 0.29) is 0 Å². The maximum atomic E-state index is 6.32. The molecule has 0 bridgehead atoms. The van der Waals surface area contributed by atoms with Crippen molar-refractivity contribution in [3.63, 3.8) is 0 Å². The second kappa shape index (κ2) is 4.68. The molecule has 1 aromatic carbocycles. The Morgan fingerprint density at radius 3 is 2.79 bits per heavy atom. The Bertz CT molecular complexity index is 624. The number of nitrogen functional groups attached to an aromatic ring is 1. The molecule has 0 saturated heterocycles. The molecular formula is C17H21NS. The van der Waals surface area contributed by atoms with Gasteiger partial charge in [-0.15, -0.1) is 11.3 Å². The predicted octanol–water partition coefficient (Wildman–Crippen LogP) is 4.74. The first-order valence-corrected chi connectivity index (χ1v) is 7.85. The van der Waals surface area contributed by atoms with Crippen LogP contribution in [-0.2, 0) is 12.8 Å². The molecule has 0 radical (unpaired) electrons. The van der Waals surface area contributed by atoms with Crippen LogP contribution in [0, 0.1) is 19.8 Å². The summed E-state index contributed by atoms with van der Waals surface area (Å²) in [5.74, 6) is 0.803. The van der Waals surface area contributed by atoms with E-state index in [9.17, 15) is 0 Å². The van der Waals surface area contributed by atoms with Crippen molar-refractivity contribution in [3.05, 3.63) is 39.8 Å². The molecule has 1 heterocycles. The fourth-order valence-electron chi connectivity index (χ4n) is 3.16. The van der Waals surface area contributed by atoms with E-state index >= 15 is 0 Å². The van der Waals surface area contributed by atoms with Gasteiger partial charge in [0.2, 0.25) is 0 Å². The number of rotatable bonds is 1. The molecule has 1 atom stereocenters. The molecule has 1 aliphatic carbocycles. The van der Waals surface area contributed by atoms with Gasteiger partial charge < -0.3 is 5.73 Å². The van der Waals surface area contributed by atoms with Gasteiger partial charge in [0.1, 0.15) is 0 Å². The smallest absolute Gasteiger partial charge is 0.0941 e. The number of thiophene rings is 1. The van der Waals surface area contributed by atoms with Gasteiger partial charge in [-0.2, -0.15) is 0 Å². The van der Waals surface area contributed by atoms with E-state index in [1.165, 1.54) is 52.0 Å². The van der Waals surface area contributed by atoms with Crippen LogP contribution in [0.3, 0.4) is 0 Å². The molecule has 1 nitrogen and oxygen atoms in total. The van der Waals surface area contributed by atoms with Crippen molar-refractivity contribution in [1.82, 2.24) is 0 Å². The topological polar surface area (TPSA) is 26.0 Å². The van der Waals surface area contributed by atoms with Crippen LogP contribution in [0.4, 0.5) is 5.00 Å². The third kappa shape index (κ3) is 2.18. The fraction of sp³-hybridized carbons (Fsp3) is 0.412. The first-order chi connectivity index (χ1) is 9.06. The van der Waals surface area contributed by atoms with Crippen LogP contribution in [-0.4, -0.2) is 0 Å². The maximum absolute atomic E-state index is 6.32. The molecule has 19 heavy (non-hydrogen) atoms.